The van der Waals surface area contributed by atoms with Gasteiger partial charge in [0.1, 0.15) is 0 Å². The molecule has 3 aliphatic heterocycles. The third-order valence-electron chi connectivity index (χ3n) is 5.69. The van der Waals surface area contributed by atoms with E-state index in [1.165, 1.54) is 25.7 Å². The highest BCUT2D eigenvalue weighted by Crippen LogP contribution is 2.43. The molecule has 0 aromatic rings. The zero-order valence-electron chi connectivity index (χ0n) is 12.6. The van der Waals surface area contributed by atoms with Crippen LogP contribution < -0.4 is 5.73 Å². The highest BCUT2D eigenvalue weighted by Gasteiger charge is 2.50. The van der Waals surface area contributed by atoms with Crippen LogP contribution in [0.4, 0.5) is 0 Å². The van der Waals surface area contributed by atoms with E-state index in [0.29, 0.717) is 12.2 Å². The van der Waals surface area contributed by atoms with Crippen molar-refractivity contribution in [2.45, 2.75) is 69.4 Å². The predicted molar refractivity (Wildman–Crippen MR) is 77.2 cm³/mol. The number of fused-ring (bicyclic) bond motifs is 2. The third-order valence-corrected chi connectivity index (χ3v) is 5.69. The Bertz CT molecular complexity index is 311. The Hall–Kier alpha value is -0.160. The SMILES string of the molecule is CC1CN(C2(CN)CC3CCC(C2)N3C)CC(C)O1. The first-order valence-electron chi connectivity index (χ1n) is 7.86. The molecular weight excluding hydrogens is 238 g/mol. The maximum atomic E-state index is 6.26. The van der Waals surface area contributed by atoms with E-state index < -0.39 is 0 Å². The van der Waals surface area contributed by atoms with Gasteiger partial charge in [0.2, 0.25) is 0 Å². The van der Waals surface area contributed by atoms with Crippen molar-refractivity contribution in [3.63, 3.8) is 0 Å². The van der Waals surface area contributed by atoms with E-state index in [9.17, 15) is 0 Å². The van der Waals surface area contributed by atoms with E-state index in [2.05, 4.69) is 30.7 Å². The van der Waals surface area contributed by atoms with Crippen LogP contribution in [0.2, 0.25) is 0 Å². The molecule has 0 amide bonds. The van der Waals surface area contributed by atoms with Crippen molar-refractivity contribution >= 4 is 0 Å². The van der Waals surface area contributed by atoms with Gasteiger partial charge >= 0.3 is 0 Å². The Kier molecular flexibility index (Phi) is 3.63. The van der Waals surface area contributed by atoms with Gasteiger partial charge in [-0.2, -0.15) is 0 Å². The van der Waals surface area contributed by atoms with Gasteiger partial charge in [-0.1, -0.05) is 0 Å². The fraction of sp³-hybridized carbons (Fsp3) is 1.00. The average Bonchev–Trinajstić information content (AvgIpc) is 2.62. The van der Waals surface area contributed by atoms with Crippen molar-refractivity contribution in [1.82, 2.24) is 9.80 Å². The highest BCUT2D eigenvalue weighted by molar-refractivity contribution is 5.07. The van der Waals surface area contributed by atoms with Gasteiger partial charge in [0.05, 0.1) is 12.2 Å². The number of nitrogens with zero attached hydrogens (tertiary/aromatic N) is 2. The summed E-state index contributed by atoms with van der Waals surface area (Å²) in [6.07, 6.45) is 5.89. The maximum Gasteiger partial charge on any atom is 0.0678 e. The molecule has 4 heteroatoms. The molecule has 0 aromatic heterocycles. The summed E-state index contributed by atoms with van der Waals surface area (Å²) in [5.41, 5.74) is 6.48. The summed E-state index contributed by atoms with van der Waals surface area (Å²) >= 11 is 0. The van der Waals surface area contributed by atoms with E-state index in [1.54, 1.807) is 0 Å². The molecule has 3 aliphatic rings. The molecule has 4 nitrogen and oxygen atoms in total. The van der Waals surface area contributed by atoms with Crippen molar-refractivity contribution in [3.05, 3.63) is 0 Å². The second-order valence-electron chi connectivity index (χ2n) is 7.05. The Morgan fingerprint density at radius 2 is 1.63 bits per heavy atom. The minimum Gasteiger partial charge on any atom is -0.373 e. The first-order chi connectivity index (χ1) is 9.04. The molecule has 110 valence electrons. The van der Waals surface area contributed by atoms with Crippen LogP contribution in [0.1, 0.15) is 39.5 Å². The number of ether oxygens (including phenoxy) is 1. The Balaban J connectivity index is 1.80. The van der Waals surface area contributed by atoms with Crippen LogP contribution >= 0.6 is 0 Å². The van der Waals surface area contributed by atoms with Gasteiger partial charge in [-0.3, -0.25) is 4.90 Å². The molecule has 0 aliphatic carbocycles. The van der Waals surface area contributed by atoms with Crippen LogP contribution in [0, 0.1) is 0 Å². The van der Waals surface area contributed by atoms with Crippen LogP contribution in [-0.4, -0.2) is 66.3 Å². The Morgan fingerprint density at radius 3 is 2.11 bits per heavy atom. The Morgan fingerprint density at radius 1 is 1.11 bits per heavy atom. The topological polar surface area (TPSA) is 41.7 Å². The van der Waals surface area contributed by atoms with E-state index in [-0.39, 0.29) is 5.54 Å². The van der Waals surface area contributed by atoms with Crippen molar-refractivity contribution in [2.75, 3.05) is 26.7 Å². The lowest BCUT2D eigenvalue weighted by Crippen LogP contribution is -2.65. The summed E-state index contributed by atoms with van der Waals surface area (Å²) in [5, 5.41) is 0. The normalized spacial score (nSPS) is 48.6. The zero-order chi connectivity index (χ0) is 13.6. The summed E-state index contributed by atoms with van der Waals surface area (Å²) in [5.74, 6) is 0. The summed E-state index contributed by atoms with van der Waals surface area (Å²) in [6.45, 7) is 7.27. The molecule has 3 heterocycles. The molecular formula is C15H29N3O. The number of morpholine rings is 1. The molecule has 4 atom stereocenters. The minimum atomic E-state index is 0.227. The van der Waals surface area contributed by atoms with Crippen LogP contribution in [0.25, 0.3) is 0 Å². The average molecular weight is 267 g/mol. The van der Waals surface area contributed by atoms with Gasteiger partial charge in [-0.25, -0.2) is 0 Å². The van der Waals surface area contributed by atoms with Gasteiger partial charge in [-0.05, 0) is 46.6 Å². The maximum absolute atomic E-state index is 6.26. The summed E-state index contributed by atoms with van der Waals surface area (Å²) < 4.78 is 5.89. The first-order valence-corrected chi connectivity index (χ1v) is 7.86. The fourth-order valence-electron chi connectivity index (χ4n) is 4.66. The number of piperidine rings is 1. The van der Waals surface area contributed by atoms with Gasteiger partial charge in [0.25, 0.3) is 0 Å². The molecule has 3 rings (SSSR count). The molecule has 2 bridgehead atoms. The van der Waals surface area contributed by atoms with Gasteiger partial charge in [-0.15, -0.1) is 0 Å². The van der Waals surface area contributed by atoms with Crippen molar-refractivity contribution in [3.8, 4) is 0 Å². The summed E-state index contributed by atoms with van der Waals surface area (Å²) in [4.78, 5) is 5.26. The molecule has 0 radical (unpaired) electrons. The third kappa shape index (κ3) is 2.33. The van der Waals surface area contributed by atoms with Crippen molar-refractivity contribution in [2.24, 2.45) is 5.73 Å². The lowest BCUT2D eigenvalue weighted by Gasteiger charge is -2.53. The van der Waals surface area contributed by atoms with Gasteiger partial charge in [0.15, 0.2) is 0 Å². The van der Waals surface area contributed by atoms with Crippen LogP contribution in [-0.2, 0) is 4.74 Å². The quantitative estimate of drug-likeness (QED) is 0.812. The Labute approximate surface area is 117 Å². The molecule has 4 unspecified atom stereocenters. The van der Waals surface area contributed by atoms with Gasteiger partial charge in [0, 0.05) is 37.3 Å². The largest absolute Gasteiger partial charge is 0.373 e. The highest BCUT2D eigenvalue weighted by atomic mass is 16.5. The molecule has 0 aromatic carbocycles. The predicted octanol–water partition coefficient (Wildman–Crippen LogP) is 1.05. The summed E-state index contributed by atoms with van der Waals surface area (Å²) in [7, 11) is 2.30. The molecule has 19 heavy (non-hydrogen) atoms. The molecule has 3 fully saturated rings. The smallest absolute Gasteiger partial charge is 0.0678 e. The van der Waals surface area contributed by atoms with Crippen LogP contribution in [0.3, 0.4) is 0 Å². The molecule has 0 saturated carbocycles. The number of rotatable bonds is 2. The van der Waals surface area contributed by atoms with E-state index in [0.717, 1.165) is 31.7 Å². The molecule has 0 spiro atoms. The zero-order valence-corrected chi connectivity index (χ0v) is 12.6. The van der Waals surface area contributed by atoms with Gasteiger partial charge < -0.3 is 15.4 Å². The number of hydrogen-bond acceptors (Lipinski definition) is 4. The lowest BCUT2D eigenvalue weighted by atomic mass is 9.80. The second-order valence-corrected chi connectivity index (χ2v) is 7.05. The van der Waals surface area contributed by atoms with Crippen LogP contribution in [0.15, 0.2) is 0 Å². The number of hydrogen-bond donors (Lipinski definition) is 1. The molecule has 3 saturated heterocycles. The minimum absolute atomic E-state index is 0.227. The molecule has 2 N–H and O–H groups in total. The monoisotopic (exact) mass is 267 g/mol. The van der Waals surface area contributed by atoms with E-state index in [1.807, 2.05) is 0 Å². The van der Waals surface area contributed by atoms with Crippen molar-refractivity contribution in [1.29, 1.82) is 0 Å². The van der Waals surface area contributed by atoms with Crippen molar-refractivity contribution < 1.29 is 4.74 Å². The van der Waals surface area contributed by atoms with E-state index in [4.69, 9.17) is 10.5 Å². The number of nitrogens with two attached hydrogens (primary N) is 1. The second kappa shape index (κ2) is 4.99. The standard InChI is InChI=1S/C15H29N3O/c1-11-8-18(9-12(2)19-11)15(10-16)6-13-4-5-14(7-15)17(13)3/h11-14H,4-10,16H2,1-3H3. The first kappa shape index (κ1) is 13.8. The summed E-state index contributed by atoms with van der Waals surface area (Å²) in [6, 6.07) is 1.49. The van der Waals surface area contributed by atoms with E-state index >= 15 is 0 Å². The lowest BCUT2D eigenvalue weighted by molar-refractivity contribution is -0.117. The van der Waals surface area contributed by atoms with Crippen LogP contribution in [0.5, 0.6) is 0 Å². The fourth-order valence-corrected chi connectivity index (χ4v) is 4.66.